The summed E-state index contributed by atoms with van der Waals surface area (Å²) in [6, 6.07) is 15.0. The third-order valence-electron chi connectivity index (χ3n) is 5.01. The number of halogens is 2. The zero-order valence-electron chi connectivity index (χ0n) is 16.7. The van der Waals surface area contributed by atoms with Crippen molar-refractivity contribution in [1.29, 1.82) is 0 Å². The van der Waals surface area contributed by atoms with Gasteiger partial charge in [-0.05, 0) is 35.7 Å². The van der Waals surface area contributed by atoms with Gasteiger partial charge in [-0.25, -0.2) is 13.8 Å². The predicted octanol–water partition coefficient (Wildman–Crippen LogP) is 4.48. The molecule has 31 heavy (non-hydrogen) atoms. The summed E-state index contributed by atoms with van der Waals surface area (Å²) in [7, 11) is 1.48. The topological polar surface area (TPSA) is 53.0 Å². The van der Waals surface area contributed by atoms with E-state index in [0.29, 0.717) is 17.7 Å². The number of carbonyl (C=O) groups is 2. The van der Waals surface area contributed by atoms with Crippen molar-refractivity contribution >= 4 is 28.9 Å². The summed E-state index contributed by atoms with van der Waals surface area (Å²) >= 11 is 1.48. The van der Waals surface area contributed by atoms with Gasteiger partial charge in [0, 0.05) is 29.5 Å². The molecule has 8 heteroatoms. The summed E-state index contributed by atoms with van der Waals surface area (Å²) in [4.78, 5) is 27.8. The van der Waals surface area contributed by atoms with Gasteiger partial charge in [-0.1, -0.05) is 30.3 Å². The average molecular weight is 439 g/mol. The fourth-order valence-electron chi connectivity index (χ4n) is 3.49. The van der Waals surface area contributed by atoms with Crippen molar-refractivity contribution in [3.8, 4) is 0 Å². The molecule has 3 aromatic rings. The Balaban J connectivity index is 1.57. The molecule has 158 valence electrons. The lowest BCUT2D eigenvalue weighted by Gasteiger charge is -2.24. The fraction of sp³-hybridized carbons (Fsp3) is 0.174. The van der Waals surface area contributed by atoms with Crippen LogP contribution in [-0.2, 0) is 4.79 Å². The largest absolute Gasteiger partial charge is 0.332 e. The Hall–Kier alpha value is -3.39. The summed E-state index contributed by atoms with van der Waals surface area (Å²) in [5.74, 6) is -1.81. The smallest absolute Gasteiger partial charge is 0.262 e. The number of carbonyl (C=O) groups excluding carboxylic acids is 2. The first-order valence-electron chi connectivity index (χ1n) is 9.63. The van der Waals surface area contributed by atoms with Crippen molar-refractivity contribution in [3.05, 3.63) is 93.7 Å². The van der Waals surface area contributed by atoms with E-state index < -0.39 is 23.4 Å². The average Bonchev–Trinajstić information content (AvgIpc) is 3.43. The van der Waals surface area contributed by atoms with E-state index in [-0.39, 0.29) is 18.2 Å². The molecule has 1 aliphatic rings. The summed E-state index contributed by atoms with van der Waals surface area (Å²) in [6.45, 7) is -0.245. The second kappa shape index (κ2) is 8.77. The molecule has 0 aliphatic carbocycles. The number of hydrogen-bond donors (Lipinski definition) is 0. The molecule has 2 amide bonds. The van der Waals surface area contributed by atoms with Crippen LogP contribution in [0.25, 0.3) is 0 Å². The molecule has 0 radical (unpaired) electrons. The monoisotopic (exact) mass is 439 g/mol. The molecule has 0 saturated carbocycles. The fourth-order valence-corrected chi connectivity index (χ4v) is 4.30. The summed E-state index contributed by atoms with van der Waals surface area (Å²) in [5, 5.41) is 7.65. The summed E-state index contributed by atoms with van der Waals surface area (Å²) < 4.78 is 27.8. The number of nitrogens with zero attached hydrogens (tertiary/aromatic N) is 3. The Morgan fingerprint density at radius 3 is 2.65 bits per heavy atom. The minimum Gasteiger partial charge on any atom is -0.332 e. The van der Waals surface area contributed by atoms with Crippen molar-refractivity contribution in [2.24, 2.45) is 5.10 Å². The first-order valence-corrected chi connectivity index (χ1v) is 10.5. The van der Waals surface area contributed by atoms with E-state index in [9.17, 15) is 18.4 Å². The van der Waals surface area contributed by atoms with Crippen LogP contribution in [0.1, 0.15) is 33.3 Å². The maximum atomic E-state index is 14.3. The lowest BCUT2D eigenvalue weighted by atomic mass is 10.0. The van der Waals surface area contributed by atoms with Gasteiger partial charge in [-0.15, -0.1) is 11.3 Å². The van der Waals surface area contributed by atoms with E-state index in [4.69, 9.17) is 0 Å². The van der Waals surface area contributed by atoms with Gasteiger partial charge >= 0.3 is 0 Å². The van der Waals surface area contributed by atoms with Crippen LogP contribution < -0.4 is 0 Å². The number of thiophene rings is 1. The quantitative estimate of drug-likeness (QED) is 0.589. The molecular weight excluding hydrogens is 420 g/mol. The van der Waals surface area contributed by atoms with Gasteiger partial charge in [0.25, 0.3) is 11.8 Å². The van der Waals surface area contributed by atoms with Gasteiger partial charge in [-0.2, -0.15) is 5.10 Å². The highest BCUT2D eigenvalue weighted by Gasteiger charge is 2.35. The highest BCUT2D eigenvalue weighted by molar-refractivity contribution is 7.10. The molecule has 2 aromatic carbocycles. The molecule has 1 atom stereocenters. The zero-order chi connectivity index (χ0) is 22.0. The van der Waals surface area contributed by atoms with Crippen LogP contribution >= 0.6 is 11.3 Å². The van der Waals surface area contributed by atoms with Gasteiger partial charge in [-0.3, -0.25) is 9.59 Å². The Bertz CT molecular complexity index is 1150. The Morgan fingerprint density at radius 1 is 1.13 bits per heavy atom. The minimum atomic E-state index is -0.526. The molecule has 0 unspecified atom stereocenters. The molecule has 1 aliphatic heterocycles. The second-order valence-corrected chi connectivity index (χ2v) is 8.15. The van der Waals surface area contributed by atoms with Crippen molar-refractivity contribution in [1.82, 2.24) is 9.91 Å². The van der Waals surface area contributed by atoms with Crippen LogP contribution in [0, 0.1) is 11.6 Å². The first-order chi connectivity index (χ1) is 14.9. The van der Waals surface area contributed by atoms with Crippen molar-refractivity contribution in [2.45, 2.75) is 12.5 Å². The molecule has 4 rings (SSSR count). The van der Waals surface area contributed by atoms with Crippen molar-refractivity contribution in [3.63, 3.8) is 0 Å². The van der Waals surface area contributed by atoms with Crippen LogP contribution in [0.3, 0.4) is 0 Å². The van der Waals surface area contributed by atoms with Gasteiger partial charge in [0.05, 0.1) is 11.8 Å². The van der Waals surface area contributed by atoms with E-state index in [1.807, 2.05) is 17.5 Å². The molecule has 5 nitrogen and oxygen atoms in total. The van der Waals surface area contributed by atoms with Crippen LogP contribution in [0.2, 0.25) is 0 Å². The normalized spacial score (nSPS) is 15.6. The number of likely N-dealkylation sites (N-methyl/N-ethyl adjacent to an activating group) is 1. The molecule has 2 heterocycles. The third-order valence-corrected chi connectivity index (χ3v) is 5.99. The van der Waals surface area contributed by atoms with E-state index in [1.165, 1.54) is 52.6 Å². The van der Waals surface area contributed by atoms with Crippen molar-refractivity contribution in [2.75, 3.05) is 13.6 Å². The Morgan fingerprint density at radius 2 is 1.94 bits per heavy atom. The maximum absolute atomic E-state index is 14.3. The van der Waals surface area contributed by atoms with E-state index in [1.54, 1.807) is 18.2 Å². The maximum Gasteiger partial charge on any atom is 0.262 e. The van der Waals surface area contributed by atoms with E-state index >= 15 is 0 Å². The molecular formula is C23H19F2N3O2S. The number of benzene rings is 2. The third kappa shape index (κ3) is 4.39. The van der Waals surface area contributed by atoms with E-state index in [2.05, 4.69) is 5.10 Å². The van der Waals surface area contributed by atoms with Gasteiger partial charge in [0.2, 0.25) is 0 Å². The lowest BCUT2D eigenvalue weighted by Crippen LogP contribution is -2.39. The van der Waals surface area contributed by atoms with Crippen molar-refractivity contribution < 1.29 is 18.4 Å². The van der Waals surface area contributed by atoms with Crippen LogP contribution in [0.4, 0.5) is 8.78 Å². The molecule has 0 spiro atoms. The standard InChI is InChI=1S/C23H19F2N3O2S/c1-27(23(30)15-6-4-7-16(24)12-15)14-22(29)28-20(21-10-5-11-31-21)13-19(26-28)17-8-2-3-9-18(17)25/h2-12,20H,13-14H2,1H3/t20-/m1/s1. The Kier molecular flexibility index (Phi) is 5.90. The van der Waals surface area contributed by atoms with E-state index in [0.717, 1.165) is 10.9 Å². The first kappa shape index (κ1) is 20.9. The number of rotatable bonds is 5. The second-order valence-electron chi connectivity index (χ2n) is 7.17. The molecule has 0 saturated heterocycles. The van der Waals surface area contributed by atoms with Crippen LogP contribution in [0.15, 0.2) is 71.1 Å². The minimum absolute atomic E-state index is 0.155. The Labute approximate surface area is 182 Å². The van der Waals surface area contributed by atoms with Gasteiger partial charge in [0.1, 0.15) is 18.2 Å². The van der Waals surface area contributed by atoms with Gasteiger partial charge < -0.3 is 4.90 Å². The molecule has 0 N–H and O–H groups in total. The van der Waals surface area contributed by atoms with Crippen LogP contribution in [-0.4, -0.2) is 41.0 Å². The molecule has 0 bridgehead atoms. The summed E-state index contributed by atoms with van der Waals surface area (Å²) in [5.41, 5.74) is 0.981. The van der Waals surface area contributed by atoms with Gasteiger partial charge in [0.15, 0.2) is 0 Å². The predicted molar refractivity (Wildman–Crippen MR) is 115 cm³/mol. The highest BCUT2D eigenvalue weighted by atomic mass is 32.1. The summed E-state index contributed by atoms with van der Waals surface area (Å²) in [6.07, 6.45) is 0.370. The van der Waals surface area contributed by atoms with Crippen LogP contribution in [0.5, 0.6) is 0 Å². The number of hydrogen-bond acceptors (Lipinski definition) is 4. The highest BCUT2D eigenvalue weighted by Crippen LogP contribution is 2.35. The molecule has 1 aromatic heterocycles. The number of amides is 2. The zero-order valence-corrected chi connectivity index (χ0v) is 17.5. The SMILES string of the molecule is CN(CC(=O)N1N=C(c2ccccc2F)C[C@@H]1c1cccs1)C(=O)c1cccc(F)c1. The number of hydrazone groups is 1. The lowest BCUT2D eigenvalue weighted by molar-refractivity contribution is -0.133. The molecule has 0 fully saturated rings.